The molecule has 0 bridgehead atoms. The van der Waals surface area contributed by atoms with Crippen LogP contribution in [0.1, 0.15) is 25.3 Å². The van der Waals surface area contributed by atoms with Crippen LogP contribution in [0.15, 0.2) is 18.2 Å². The smallest absolute Gasteiger partial charge is 0.216 e. The predicted molar refractivity (Wildman–Crippen MR) is 79.9 cm³/mol. The molecule has 2 rings (SSSR count). The summed E-state index contributed by atoms with van der Waals surface area (Å²) in [7, 11) is 0. The predicted octanol–water partition coefficient (Wildman–Crippen LogP) is 2.11. The summed E-state index contributed by atoms with van der Waals surface area (Å²) in [5.74, 6) is 0.0587. The molecule has 1 aliphatic heterocycles. The number of hydrogen-bond donors (Lipinski definition) is 1. The van der Waals surface area contributed by atoms with E-state index in [1.54, 1.807) is 6.07 Å². The lowest BCUT2D eigenvalue weighted by atomic mass is 10.1. The molecule has 21 heavy (non-hydrogen) atoms. The van der Waals surface area contributed by atoms with Gasteiger partial charge in [0.25, 0.3) is 0 Å². The number of carbonyl (C=O) groups is 1. The molecule has 1 aliphatic rings. The number of piperidine rings is 1. The van der Waals surface area contributed by atoms with Crippen molar-refractivity contribution >= 4 is 5.91 Å². The molecule has 0 unspecified atom stereocenters. The van der Waals surface area contributed by atoms with Crippen molar-refractivity contribution in [3.63, 3.8) is 0 Å². The molecule has 1 fully saturated rings. The van der Waals surface area contributed by atoms with Crippen LogP contribution in [0.4, 0.5) is 4.39 Å². The molecule has 1 aromatic carbocycles. The summed E-state index contributed by atoms with van der Waals surface area (Å²) in [6, 6.07) is 5.06. The number of nitrogens with one attached hydrogen (secondary N) is 1. The molecule has 0 aromatic heterocycles. The molecule has 0 spiro atoms. The van der Waals surface area contributed by atoms with Crippen LogP contribution in [0.5, 0.6) is 5.75 Å². The van der Waals surface area contributed by atoms with E-state index in [1.807, 2.05) is 13.0 Å². The van der Waals surface area contributed by atoms with Crippen molar-refractivity contribution in [2.24, 2.45) is 0 Å². The number of aryl methyl sites for hydroxylation is 1. The van der Waals surface area contributed by atoms with Crippen molar-refractivity contribution in [3.05, 3.63) is 29.6 Å². The number of hydrogen-bond acceptors (Lipinski definition) is 3. The van der Waals surface area contributed by atoms with Gasteiger partial charge < -0.3 is 15.0 Å². The molecule has 4 nitrogen and oxygen atoms in total. The van der Waals surface area contributed by atoms with Crippen molar-refractivity contribution in [1.82, 2.24) is 10.2 Å². The summed E-state index contributed by atoms with van der Waals surface area (Å²) in [5.41, 5.74) is 0.896. The van der Waals surface area contributed by atoms with E-state index in [2.05, 4.69) is 10.2 Å². The number of amides is 1. The van der Waals surface area contributed by atoms with Crippen molar-refractivity contribution in [2.75, 3.05) is 26.2 Å². The highest BCUT2D eigenvalue weighted by Gasteiger charge is 2.21. The number of benzene rings is 1. The van der Waals surface area contributed by atoms with Crippen molar-refractivity contribution in [3.8, 4) is 5.75 Å². The molecule has 0 aliphatic carbocycles. The van der Waals surface area contributed by atoms with E-state index in [9.17, 15) is 9.18 Å². The Kier molecular flexibility index (Phi) is 5.56. The van der Waals surface area contributed by atoms with Gasteiger partial charge in [-0.2, -0.15) is 0 Å². The van der Waals surface area contributed by atoms with Crippen LogP contribution >= 0.6 is 0 Å². The van der Waals surface area contributed by atoms with E-state index in [0.717, 1.165) is 38.0 Å². The molecule has 1 heterocycles. The molecule has 1 saturated heterocycles. The molecule has 1 N–H and O–H groups in total. The standard InChI is InChI=1S/C16H23FN2O2/c1-12-3-4-16(15(17)11-12)21-14-5-8-19(9-6-14)10-7-18-13(2)20/h3-4,11,14H,5-10H2,1-2H3,(H,18,20). The van der Waals surface area contributed by atoms with Crippen LogP contribution in [-0.2, 0) is 4.79 Å². The summed E-state index contributed by atoms with van der Waals surface area (Å²) < 4.78 is 19.5. The first kappa shape index (κ1) is 15.8. The minimum absolute atomic E-state index is 0.00284. The number of rotatable bonds is 5. The Morgan fingerprint density at radius 3 is 2.76 bits per heavy atom. The van der Waals surface area contributed by atoms with Crippen LogP contribution in [0.25, 0.3) is 0 Å². The highest BCUT2D eigenvalue weighted by atomic mass is 19.1. The summed E-state index contributed by atoms with van der Waals surface area (Å²) in [6.07, 6.45) is 1.83. The molecular weight excluding hydrogens is 271 g/mol. The fourth-order valence-electron chi connectivity index (χ4n) is 2.52. The Morgan fingerprint density at radius 1 is 1.43 bits per heavy atom. The number of likely N-dealkylation sites (tertiary alicyclic amines) is 1. The molecule has 1 amide bonds. The van der Waals surface area contributed by atoms with Gasteiger partial charge in [-0.1, -0.05) is 6.07 Å². The van der Waals surface area contributed by atoms with Gasteiger partial charge in [0, 0.05) is 33.1 Å². The van der Waals surface area contributed by atoms with Gasteiger partial charge in [-0.15, -0.1) is 0 Å². The fraction of sp³-hybridized carbons (Fsp3) is 0.562. The van der Waals surface area contributed by atoms with Gasteiger partial charge in [0.05, 0.1) is 0 Å². The van der Waals surface area contributed by atoms with Gasteiger partial charge in [0.15, 0.2) is 11.6 Å². The van der Waals surface area contributed by atoms with E-state index >= 15 is 0 Å². The van der Waals surface area contributed by atoms with Crippen LogP contribution < -0.4 is 10.1 Å². The average molecular weight is 294 g/mol. The highest BCUT2D eigenvalue weighted by molar-refractivity contribution is 5.72. The van der Waals surface area contributed by atoms with Crippen LogP contribution in [-0.4, -0.2) is 43.1 Å². The molecule has 1 aromatic rings. The normalized spacial score (nSPS) is 16.7. The van der Waals surface area contributed by atoms with E-state index < -0.39 is 0 Å². The van der Waals surface area contributed by atoms with E-state index in [4.69, 9.17) is 4.74 Å². The Balaban J connectivity index is 1.75. The van der Waals surface area contributed by atoms with Crippen LogP contribution in [0.3, 0.4) is 0 Å². The number of ether oxygens (including phenoxy) is 1. The summed E-state index contributed by atoms with van der Waals surface area (Å²) in [4.78, 5) is 13.1. The average Bonchev–Trinajstić information content (AvgIpc) is 2.43. The Bertz CT molecular complexity index is 485. The zero-order valence-electron chi connectivity index (χ0n) is 12.7. The van der Waals surface area contributed by atoms with E-state index in [-0.39, 0.29) is 17.8 Å². The second kappa shape index (κ2) is 7.41. The molecule has 5 heteroatoms. The number of halogens is 1. The Hall–Kier alpha value is -1.62. The maximum atomic E-state index is 13.7. The van der Waals surface area contributed by atoms with Gasteiger partial charge >= 0.3 is 0 Å². The van der Waals surface area contributed by atoms with Crippen molar-refractivity contribution < 1.29 is 13.9 Å². The zero-order valence-corrected chi connectivity index (χ0v) is 12.7. The second-order valence-electron chi connectivity index (χ2n) is 5.58. The zero-order chi connectivity index (χ0) is 15.2. The third-order valence-corrected chi connectivity index (χ3v) is 3.72. The van der Waals surface area contributed by atoms with Gasteiger partial charge in [0.2, 0.25) is 5.91 Å². The Labute approximate surface area is 125 Å². The topological polar surface area (TPSA) is 41.6 Å². The van der Waals surface area contributed by atoms with E-state index in [1.165, 1.54) is 13.0 Å². The second-order valence-corrected chi connectivity index (χ2v) is 5.58. The van der Waals surface area contributed by atoms with Crippen molar-refractivity contribution in [1.29, 1.82) is 0 Å². The fourth-order valence-corrected chi connectivity index (χ4v) is 2.52. The first-order chi connectivity index (χ1) is 10.0. The maximum absolute atomic E-state index is 13.7. The lowest BCUT2D eigenvalue weighted by Crippen LogP contribution is -2.42. The monoisotopic (exact) mass is 294 g/mol. The quantitative estimate of drug-likeness (QED) is 0.904. The highest BCUT2D eigenvalue weighted by Crippen LogP contribution is 2.22. The first-order valence-corrected chi connectivity index (χ1v) is 7.44. The van der Waals surface area contributed by atoms with E-state index in [0.29, 0.717) is 12.3 Å². The Morgan fingerprint density at radius 2 is 2.14 bits per heavy atom. The first-order valence-electron chi connectivity index (χ1n) is 7.44. The minimum Gasteiger partial charge on any atom is -0.487 e. The third kappa shape index (κ3) is 5.01. The van der Waals surface area contributed by atoms with Gasteiger partial charge in [0.1, 0.15) is 6.10 Å². The molecule has 116 valence electrons. The van der Waals surface area contributed by atoms with Crippen molar-refractivity contribution in [2.45, 2.75) is 32.8 Å². The SMILES string of the molecule is CC(=O)NCCN1CCC(Oc2ccc(C)cc2F)CC1. The van der Waals surface area contributed by atoms with Crippen LogP contribution in [0.2, 0.25) is 0 Å². The van der Waals surface area contributed by atoms with Gasteiger partial charge in [-0.3, -0.25) is 4.79 Å². The lowest BCUT2D eigenvalue weighted by Gasteiger charge is -2.32. The summed E-state index contributed by atoms with van der Waals surface area (Å²) in [5, 5.41) is 2.80. The molecule has 0 saturated carbocycles. The largest absolute Gasteiger partial charge is 0.487 e. The lowest BCUT2D eigenvalue weighted by molar-refractivity contribution is -0.119. The molecular formula is C16H23FN2O2. The third-order valence-electron chi connectivity index (χ3n) is 3.72. The summed E-state index contributed by atoms with van der Waals surface area (Å²) in [6.45, 7) is 6.74. The minimum atomic E-state index is -0.289. The van der Waals surface area contributed by atoms with Gasteiger partial charge in [-0.25, -0.2) is 4.39 Å². The van der Waals surface area contributed by atoms with Crippen LogP contribution in [0, 0.1) is 12.7 Å². The molecule has 0 radical (unpaired) electrons. The maximum Gasteiger partial charge on any atom is 0.216 e. The number of carbonyl (C=O) groups excluding carboxylic acids is 1. The molecule has 0 atom stereocenters. The van der Waals surface area contributed by atoms with Gasteiger partial charge in [-0.05, 0) is 37.5 Å². The number of nitrogens with zero attached hydrogens (tertiary/aromatic N) is 1. The summed E-state index contributed by atoms with van der Waals surface area (Å²) >= 11 is 0.